The Hall–Kier alpha value is -4.96. The maximum absolute atomic E-state index is 13.4. The fraction of sp³-hybridized carbons (Fsp3) is 0.290. The van der Waals surface area contributed by atoms with Crippen LogP contribution in [0.15, 0.2) is 63.2 Å². The van der Waals surface area contributed by atoms with Gasteiger partial charge in [-0.3, -0.25) is 22.7 Å². The van der Waals surface area contributed by atoms with Crippen molar-refractivity contribution >= 4 is 68.4 Å². The summed E-state index contributed by atoms with van der Waals surface area (Å²) in [6.45, 7) is -8.23. The van der Waals surface area contributed by atoms with E-state index in [9.17, 15) is 74.9 Å². The highest BCUT2D eigenvalue weighted by Crippen LogP contribution is 2.47. The molecule has 0 spiro atoms. The molecule has 0 saturated carbocycles. The molecule has 58 heavy (non-hydrogen) atoms. The number of alkyl halides is 9. The van der Waals surface area contributed by atoms with Gasteiger partial charge in [0.05, 0.1) is 30.8 Å². The molecule has 0 radical (unpaired) electrons. The van der Waals surface area contributed by atoms with Crippen molar-refractivity contribution in [2.24, 2.45) is 0 Å². The van der Waals surface area contributed by atoms with Gasteiger partial charge in [-0.05, 0) is 18.2 Å². The average molecular weight is 900 g/mol. The van der Waals surface area contributed by atoms with Crippen LogP contribution in [0.25, 0.3) is 32.3 Å². The second-order valence-electron chi connectivity index (χ2n) is 11.7. The second kappa shape index (κ2) is 15.3. The van der Waals surface area contributed by atoms with Gasteiger partial charge in [-0.25, -0.2) is 0 Å². The summed E-state index contributed by atoms with van der Waals surface area (Å²) in [5.41, 5.74) is -0.935. The van der Waals surface area contributed by atoms with Gasteiger partial charge in [0.1, 0.15) is 27.0 Å². The van der Waals surface area contributed by atoms with E-state index in [0.717, 1.165) is 37.4 Å². The smallest absolute Gasteiger partial charge is 0.413 e. The zero-order valence-corrected chi connectivity index (χ0v) is 31.2. The van der Waals surface area contributed by atoms with Crippen LogP contribution in [-0.2, 0) is 49.5 Å². The zero-order valence-electron chi connectivity index (χ0n) is 28.7. The van der Waals surface area contributed by atoms with Crippen molar-refractivity contribution in [1.29, 1.82) is 0 Å². The van der Waals surface area contributed by atoms with Crippen LogP contribution in [0.4, 0.5) is 45.2 Å². The first kappa shape index (κ1) is 44.1. The van der Waals surface area contributed by atoms with E-state index in [4.69, 9.17) is 14.2 Å². The fourth-order valence-corrected chi connectivity index (χ4v) is 9.00. The molecule has 0 amide bonds. The first-order chi connectivity index (χ1) is 26.6. The lowest BCUT2D eigenvalue weighted by molar-refractivity contribution is -0.385. The van der Waals surface area contributed by atoms with E-state index in [1.807, 2.05) is 0 Å². The van der Waals surface area contributed by atoms with Crippen molar-refractivity contribution in [2.75, 3.05) is 34.0 Å². The normalized spacial score (nSPS) is 13.4. The van der Waals surface area contributed by atoms with E-state index < -0.39 is 133 Å². The van der Waals surface area contributed by atoms with Crippen LogP contribution in [0, 0.1) is 10.1 Å². The van der Waals surface area contributed by atoms with Gasteiger partial charge >= 0.3 is 18.5 Å². The molecule has 0 atom stereocenters. The van der Waals surface area contributed by atoms with Gasteiger partial charge in [-0.2, -0.15) is 64.8 Å². The number of nitro groups is 1. The third-order valence-corrected chi connectivity index (χ3v) is 11.8. The Morgan fingerprint density at radius 1 is 0.552 bits per heavy atom. The number of rotatable bonds is 15. The summed E-state index contributed by atoms with van der Waals surface area (Å²) >= 11 is 0. The quantitative estimate of drug-likeness (QED) is 0.0346. The Bertz CT molecular complexity index is 2690. The third-order valence-electron chi connectivity index (χ3n) is 7.85. The van der Waals surface area contributed by atoms with Crippen molar-refractivity contribution in [1.82, 2.24) is 0 Å². The molecule has 0 N–H and O–H groups in total. The summed E-state index contributed by atoms with van der Waals surface area (Å²) in [6, 6.07) is 5.99. The molecule has 0 bridgehead atoms. The van der Waals surface area contributed by atoms with E-state index in [0.29, 0.717) is 12.1 Å². The Morgan fingerprint density at radius 2 is 0.914 bits per heavy atom. The minimum absolute atomic E-state index is 0.0751. The maximum Gasteiger partial charge on any atom is 0.413 e. The molecule has 5 rings (SSSR count). The van der Waals surface area contributed by atoms with Crippen molar-refractivity contribution in [3.8, 4) is 17.2 Å². The molecule has 0 unspecified atom stereocenters. The Morgan fingerprint density at radius 3 is 1.29 bits per heavy atom. The van der Waals surface area contributed by atoms with Crippen molar-refractivity contribution in [3.05, 3.63) is 64.2 Å². The number of methoxy groups -OCH3 is 2. The topological polar surface area (TPSA) is 201 Å². The summed E-state index contributed by atoms with van der Waals surface area (Å²) < 4.78 is 226. The summed E-state index contributed by atoms with van der Waals surface area (Å²) in [6.07, 6.45) is -15.9. The van der Waals surface area contributed by atoms with Gasteiger partial charge in [0.15, 0.2) is 31.3 Å². The largest absolute Gasteiger partial charge is 0.493 e. The van der Waals surface area contributed by atoms with Crippen LogP contribution >= 0.6 is 0 Å². The highest BCUT2D eigenvalue weighted by molar-refractivity contribution is 7.88. The SMILES string of the molecule is COc1cc(COc2cc(S(=O)(=O)OCC(F)(F)F)c3ccc4c(S(=O)(=O)OCC(F)(F)F)cc(S(=O)(=O)OCC(F)(F)F)c5ccc2c3c54)c([N+](=O)[O-])cc1OC. The van der Waals surface area contributed by atoms with Gasteiger partial charge in [-0.1, -0.05) is 18.2 Å². The van der Waals surface area contributed by atoms with Crippen molar-refractivity contribution in [2.45, 2.75) is 39.8 Å². The number of benzene rings is 5. The highest BCUT2D eigenvalue weighted by Gasteiger charge is 2.38. The molecule has 0 aliphatic carbocycles. The van der Waals surface area contributed by atoms with Crippen LogP contribution in [0.5, 0.6) is 17.2 Å². The maximum atomic E-state index is 13.4. The number of halogens is 9. The molecule has 27 heteroatoms. The predicted octanol–water partition coefficient (Wildman–Crippen LogP) is 6.89. The summed E-state index contributed by atoms with van der Waals surface area (Å²) in [4.78, 5) is 7.05. The third kappa shape index (κ3) is 9.33. The summed E-state index contributed by atoms with van der Waals surface area (Å²) in [5.74, 6) is -0.862. The first-order valence-corrected chi connectivity index (χ1v) is 19.5. The van der Waals surface area contributed by atoms with E-state index in [1.54, 1.807) is 0 Å². The van der Waals surface area contributed by atoms with Gasteiger partial charge in [0, 0.05) is 38.4 Å². The Labute approximate surface area is 319 Å². The van der Waals surface area contributed by atoms with Crippen LogP contribution < -0.4 is 14.2 Å². The average Bonchev–Trinajstić information content (AvgIpc) is 3.12. The zero-order chi connectivity index (χ0) is 43.4. The second-order valence-corrected chi connectivity index (χ2v) is 16.4. The van der Waals surface area contributed by atoms with Crippen molar-refractivity contribution in [3.63, 3.8) is 0 Å². The van der Waals surface area contributed by atoms with Gasteiger partial charge in [0.2, 0.25) is 0 Å². The molecule has 5 aromatic rings. The number of hydrogen-bond donors (Lipinski definition) is 0. The first-order valence-electron chi connectivity index (χ1n) is 15.3. The van der Waals surface area contributed by atoms with Crippen molar-refractivity contribution < 1.29 is 96.5 Å². The molecule has 0 aliphatic rings. The number of ether oxygens (including phenoxy) is 3. The molecule has 0 saturated heterocycles. The molecule has 0 aliphatic heterocycles. The number of nitrogens with zero attached hydrogens (tertiary/aromatic N) is 1. The summed E-state index contributed by atoms with van der Waals surface area (Å²) in [7, 11) is -14.7. The molecular formula is C31H22F9NO14S3. The van der Waals surface area contributed by atoms with Crippen LogP contribution in [0.1, 0.15) is 5.56 Å². The van der Waals surface area contributed by atoms with Gasteiger partial charge in [0.25, 0.3) is 36.0 Å². The molecular weight excluding hydrogens is 878 g/mol. The Balaban J connectivity index is 1.90. The minimum atomic E-state index is -5.74. The van der Waals surface area contributed by atoms with Gasteiger partial charge < -0.3 is 14.2 Å². The number of nitro benzene ring substituents is 1. The lowest BCUT2D eigenvalue weighted by Gasteiger charge is -2.21. The lowest BCUT2D eigenvalue weighted by Crippen LogP contribution is -2.22. The van der Waals surface area contributed by atoms with E-state index in [2.05, 4.69) is 12.5 Å². The Kier molecular flexibility index (Phi) is 11.7. The van der Waals surface area contributed by atoms with E-state index >= 15 is 0 Å². The molecule has 0 fully saturated rings. The standard InChI is InChI=1S/C31H22F9NO14S3/c1-50-22-7-15(20(41(42)43)8-23(22)51-2)11-52-21-9-24(56(44,45)53-12-29(32,33)34)17-5-6-19-26(58(48,49)55-14-31(38,39)40)10-25(57(46,47)54-13-30(35,36)37)18-4-3-16(21)27(17)28(18)19/h3-10H,11-14H2,1-2H3. The monoisotopic (exact) mass is 899 g/mol. The van der Waals surface area contributed by atoms with Crippen LogP contribution in [-0.4, -0.2) is 82.7 Å². The molecule has 0 heterocycles. The summed E-state index contributed by atoms with van der Waals surface area (Å²) in [5, 5.41) is 8.11. The van der Waals surface area contributed by atoms with Crippen LogP contribution in [0.2, 0.25) is 0 Å². The molecule has 0 aromatic heterocycles. The molecule has 5 aromatic carbocycles. The van der Waals surface area contributed by atoms with Crippen LogP contribution in [0.3, 0.4) is 0 Å². The fourth-order valence-electron chi connectivity index (χ4n) is 5.58. The highest BCUT2D eigenvalue weighted by atomic mass is 32.2. The lowest BCUT2D eigenvalue weighted by atomic mass is 9.93. The molecule has 15 nitrogen and oxygen atoms in total. The van der Waals surface area contributed by atoms with E-state index in [-0.39, 0.29) is 28.5 Å². The van der Waals surface area contributed by atoms with E-state index in [1.165, 1.54) is 7.11 Å². The predicted molar refractivity (Wildman–Crippen MR) is 178 cm³/mol. The minimum Gasteiger partial charge on any atom is -0.493 e. The molecule has 316 valence electrons. The van der Waals surface area contributed by atoms with Gasteiger partial charge in [-0.15, -0.1) is 0 Å². The number of hydrogen-bond acceptors (Lipinski definition) is 14.